The molecule has 0 bridgehead atoms. The molecule has 116 valence electrons. The van der Waals surface area contributed by atoms with Gasteiger partial charge in [-0.3, -0.25) is 0 Å². The van der Waals surface area contributed by atoms with Crippen molar-refractivity contribution in [2.45, 2.75) is 38.5 Å². The molecule has 0 radical (unpaired) electrons. The second-order valence-corrected chi connectivity index (χ2v) is 6.38. The number of carbonyl (C=O) groups excluding carboxylic acids is 1. The van der Waals surface area contributed by atoms with Gasteiger partial charge in [0.2, 0.25) is 0 Å². The highest BCUT2D eigenvalue weighted by molar-refractivity contribution is 9.10. The van der Waals surface area contributed by atoms with Crippen LogP contribution in [0.1, 0.15) is 32.4 Å². The Morgan fingerprint density at radius 3 is 2.43 bits per heavy atom. The number of carboxylic acids is 1. The zero-order valence-electron chi connectivity index (χ0n) is 12.0. The van der Waals surface area contributed by atoms with Gasteiger partial charge in [-0.25, -0.2) is 9.59 Å². The number of aliphatic carboxylic acids is 1. The van der Waals surface area contributed by atoms with Crippen LogP contribution in [0.5, 0.6) is 0 Å². The molecule has 3 N–H and O–H groups in total. The lowest BCUT2D eigenvalue weighted by Crippen LogP contribution is -2.46. The molecule has 0 aliphatic heterocycles. The summed E-state index contributed by atoms with van der Waals surface area (Å²) in [6.45, 7) is 4.98. The number of nitrogens with one attached hydrogen (secondary N) is 1. The van der Waals surface area contributed by atoms with Crippen molar-refractivity contribution in [2.24, 2.45) is 0 Å². The van der Waals surface area contributed by atoms with E-state index in [0.717, 1.165) is 0 Å². The van der Waals surface area contributed by atoms with Crippen molar-refractivity contribution >= 4 is 28.0 Å². The lowest BCUT2D eigenvalue weighted by atomic mass is 10.0. The molecule has 1 rings (SSSR count). The number of hydrogen-bond donors (Lipinski definition) is 3. The van der Waals surface area contributed by atoms with Crippen LogP contribution in [0.3, 0.4) is 0 Å². The number of carbonyl (C=O) groups is 2. The molecule has 0 saturated heterocycles. The zero-order chi connectivity index (χ0) is 16.2. The topological polar surface area (TPSA) is 95.9 Å². The van der Waals surface area contributed by atoms with Crippen LogP contribution in [0.4, 0.5) is 4.79 Å². The van der Waals surface area contributed by atoms with E-state index in [-0.39, 0.29) is 0 Å². The van der Waals surface area contributed by atoms with E-state index in [4.69, 9.17) is 4.74 Å². The molecule has 0 aromatic heterocycles. The third-order valence-electron chi connectivity index (χ3n) is 2.44. The van der Waals surface area contributed by atoms with Crippen LogP contribution in [0.2, 0.25) is 0 Å². The van der Waals surface area contributed by atoms with Gasteiger partial charge in [0.05, 0.1) is 0 Å². The molecule has 7 heteroatoms. The Kier molecular flexibility index (Phi) is 5.74. The maximum absolute atomic E-state index is 11.7. The van der Waals surface area contributed by atoms with Crippen molar-refractivity contribution in [3.8, 4) is 0 Å². The van der Waals surface area contributed by atoms with E-state index in [2.05, 4.69) is 21.2 Å². The number of alkyl carbamates (subject to hydrolysis) is 1. The van der Waals surface area contributed by atoms with Gasteiger partial charge in [0.25, 0.3) is 0 Å². The van der Waals surface area contributed by atoms with Crippen molar-refractivity contribution in [1.82, 2.24) is 5.32 Å². The maximum Gasteiger partial charge on any atom is 0.408 e. The fraction of sp³-hybridized carbons (Fsp3) is 0.429. The number of aliphatic hydroxyl groups is 1. The Morgan fingerprint density at radius 2 is 1.95 bits per heavy atom. The number of rotatable bonds is 4. The van der Waals surface area contributed by atoms with Gasteiger partial charge in [0.1, 0.15) is 11.7 Å². The third-order valence-corrected chi connectivity index (χ3v) is 2.94. The van der Waals surface area contributed by atoms with Crippen molar-refractivity contribution in [3.05, 3.63) is 34.3 Å². The normalized spacial score (nSPS) is 14.1. The van der Waals surface area contributed by atoms with Gasteiger partial charge in [-0.1, -0.05) is 28.1 Å². The largest absolute Gasteiger partial charge is 0.480 e. The lowest BCUT2D eigenvalue weighted by Gasteiger charge is -2.24. The van der Waals surface area contributed by atoms with Crippen LogP contribution in [0, 0.1) is 0 Å². The summed E-state index contributed by atoms with van der Waals surface area (Å²) in [5.41, 5.74) is -0.388. The molecule has 0 spiro atoms. The van der Waals surface area contributed by atoms with Crippen molar-refractivity contribution in [3.63, 3.8) is 0 Å². The predicted octanol–water partition coefficient (Wildman–Crippen LogP) is 2.46. The molecule has 0 aliphatic rings. The van der Waals surface area contributed by atoms with E-state index in [1.807, 2.05) is 0 Å². The number of benzene rings is 1. The Bertz CT molecular complexity index is 526. The van der Waals surface area contributed by atoms with Crippen molar-refractivity contribution in [2.75, 3.05) is 0 Å². The summed E-state index contributed by atoms with van der Waals surface area (Å²) in [6.07, 6.45) is -2.29. The number of halogens is 1. The van der Waals surface area contributed by atoms with Crippen LogP contribution in [-0.4, -0.2) is 33.9 Å². The van der Waals surface area contributed by atoms with Gasteiger partial charge in [0, 0.05) is 4.47 Å². The minimum atomic E-state index is -1.51. The number of hydrogen-bond acceptors (Lipinski definition) is 4. The summed E-state index contributed by atoms with van der Waals surface area (Å²) in [5.74, 6) is -1.35. The second kappa shape index (κ2) is 6.91. The van der Waals surface area contributed by atoms with E-state index in [0.29, 0.717) is 10.0 Å². The Balaban J connectivity index is 2.87. The fourth-order valence-electron chi connectivity index (χ4n) is 1.59. The van der Waals surface area contributed by atoms with E-state index in [9.17, 15) is 19.8 Å². The Hall–Kier alpha value is -1.60. The molecule has 21 heavy (non-hydrogen) atoms. The molecular formula is C14H18BrNO5. The van der Waals surface area contributed by atoms with Gasteiger partial charge >= 0.3 is 12.1 Å². The highest BCUT2D eigenvalue weighted by Gasteiger charge is 2.31. The molecule has 0 saturated carbocycles. The summed E-state index contributed by atoms with van der Waals surface area (Å²) in [6, 6.07) is 5.05. The van der Waals surface area contributed by atoms with Crippen LogP contribution in [-0.2, 0) is 9.53 Å². The third kappa shape index (κ3) is 5.73. The molecular weight excluding hydrogens is 342 g/mol. The van der Waals surface area contributed by atoms with Crippen LogP contribution in [0.15, 0.2) is 28.7 Å². The second-order valence-electron chi connectivity index (χ2n) is 5.46. The lowest BCUT2D eigenvalue weighted by molar-refractivity contribution is -0.142. The molecule has 6 nitrogen and oxygen atoms in total. The molecule has 0 fully saturated rings. The summed E-state index contributed by atoms with van der Waals surface area (Å²) < 4.78 is 5.69. The van der Waals surface area contributed by atoms with Crippen LogP contribution in [0.25, 0.3) is 0 Å². The summed E-state index contributed by atoms with van der Waals surface area (Å²) in [5, 5.41) is 21.5. The molecule has 0 aliphatic carbocycles. The number of amides is 1. The molecule has 2 atom stereocenters. The van der Waals surface area contributed by atoms with Crippen LogP contribution >= 0.6 is 15.9 Å². The first-order chi connectivity index (χ1) is 9.60. The maximum atomic E-state index is 11.7. The molecule has 0 heterocycles. The number of carboxylic acid groups (broad SMARTS) is 1. The van der Waals surface area contributed by atoms with Crippen molar-refractivity contribution in [1.29, 1.82) is 0 Å². The Labute approximate surface area is 131 Å². The zero-order valence-corrected chi connectivity index (χ0v) is 13.5. The highest BCUT2D eigenvalue weighted by Crippen LogP contribution is 2.21. The van der Waals surface area contributed by atoms with E-state index < -0.39 is 29.8 Å². The first-order valence-electron chi connectivity index (χ1n) is 6.26. The van der Waals surface area contributed by atoms with Gasteiger partial charge < -0.3 is 20.3 Å². The summed E-state index contributed by atoms with van der Waals surface area (Å²) in [7, 11) is 0. The highest BCUT2D eigenvalue weighted by atomic mass is 79.9. The first kappa shape index (κ1) is 17.5. The average molecular weight is 360 g/mol. The molecule has 0 unspecified atom stereocenters. The average Bonchev–Trinajstić information content (AvgIpc) is 2.32. The van der Waals surface area contributed by atoms with E-state index >= 15 is 0 Å². The van der Waals surface area contributed by atoms with Crippen LogP contribution < -0.4 is 5.32 Å². The minimum Gasteiger partial charge on any atom is -0.480 e. The standard InChI is InChI=1S/C14H18BrNO5/c1-14(2,3)21-13(20)16-10(12(18)19)11(17)8-5-4-6-9(15)7-8/h4-7,10-11,17H,1-3H3,(H,16,20)(H,18,19)/t10-,11+/m0/s1. The van der Waals surface area contributed by atoms with Gasteiger partial charge in [0.15, 0.2) is 6.04 Å². The fourth-order valence-corrected chi connectivity index (χ4v) is 2.01. The van der Waals surface area contributed by atoms with Crippen molar-refractivity contribution < 1.29 is 24.5 Å². The first-order valence-corrected chi connectivity index (χ1v) is 7.05. The summed E-state index contributed by atoms with van der Waals surface area (Å²) in [4.78, 5) is 22.9. The van der Waals surface area contributed by atoms with Gasteiger partial charge in [-0.2, -0.15) is 0 Å². The molecule has 1 amide bonds. The predicted molar refractivity (Wildman–Crippen MR) is 79.9 cm³/mol. The molecule has 1 aromatic rings. The molecule has 1 aromatic carbocycles. The van der Waals surface area contributed by atoms with Gasteiger partial charge in [-0.05, 0) is 38.5 Å². The number of aliphatic hydroxyl groups excluding tert-OH is 1. The van der Waals surface area contributed by atoms with E-state index in [1.165, 1.54) is 0 Å². The van der Waals surface area contributed by atoms with Gasteiger partial charge in [-0.15, -0.1) is 0 Å². The summed E-state index contributed by atoms with van der Waals surface area (Å²) >= 11 is 3.24. The monoisotopic (exact) mass is 359 g/mol. The smallest absolute Gasteiger partial charge is 0.408 e. The van der Waals surface area contributed by atoms with E-state index in [1.54, 1.807) is 45.0 Å². The Morgan fingerprint density at radius 1 is 1.33 bits per heavy atom. The minimum absolute atomic E-state index is 0.368. The quantitative estimate of drug-likeness (QED) is 0.767. The number of ether oxygens (including phenoxy) is 1. The SMILES string of the molecule is CC(C)(C)OC(=O)N[C@H](C(=O)O)[C@H](O)c1cccc(Br)c1.